The molecule has 0 nitrogen and oxygen atoms in total. The smallest absolute Gasteiger partial charge is 0.0111 e. The van der Waals surface area contributed by atoms with E-state index in [2.05, 4.69) is 19.9 Å². The fourth-order valence-electron chi connectivity index (χ4n) is 2.28. The summed E-state index contributed by atoms with van der Waals surface area (Å²) < 4.78 is 0. The molecular weight excluding hydrogens is 108 g/mol. The Labute approximate surface area is 57.0 Å². The van der Waals surface area contributed by atoms with Crippen molar-refractivity contribution in [2.45, 2.75) is 26.7 Å². The van der Waals surface area contributed by atoms with Crippen LogP contribution in [0.25, 0.3) is 0 Å². The second-order valence-corrected chi connectivity index (χ2v) is 3.66. The summed E-state index contributed by atoms with van der Waals surface area (Å²) >= 11 is 0. The number of allylic oxidation sites excluding steroid dienone is 2. The molecule has 50 valence electrons. The molecule has 0 heteroatoms. The van der Waals surface area contributed by atoms with Crippen LogP contribution in [0.5, 0.6) is 0 Å². The van der Waals surface area contributed by atoms with Crippen LogP contribution >= 0.6 is 0 Å². The van der Waals surface area contributed by atoms with E-state index in [0.29, 0.717) is 0 Å². The standard InChI is InChI=1S/C9H14/c1-6(2)9-7-4-3-5-8(7)9/h4,6,8-9H,3,5H2,1-2H3. The van der Waals surface area contributed by atoms with E-state index in [1.165, 1.54) is 12.8 Å². The van der Waals surface area contributed by atoms with Gasteiger partial charge in [-0.05, 0) is 30.6 Å². The van der Waals surface area contributed by atoms with Crippen LogP contribution in [-0.2, 0) is 0 Å². The number of rotatable bonds is 1. The van der Waals surface area contributed by atoms with Gasteiger partial charge in [-0.25, -0.2) is 0 Å². The molecule has 9 heavy (non-hydrogen) atoms. The lowest BCUT2D eigenvalue weighted by Gasteiger charge is -2.01. The summed E-state index contributed by atoms with van der Waals surface area (Å²) in [6.07, 6.45) is 5.27. The quantitative estimate of drug-likeness (QED) is 0.469. The number of fused-ring (bicyclic) bond motifs is 1. The van der Waals surface area contributed by atoms with Crippen molar-refractivity contribution < 1.29 is 0 Å². The zero-order valence-electron chi connectivity index (χ0n) is 6.22. The van der Waals surface area contributed by atoms with Gasteiger partial charge in [0.2, 0.25) is 0 Å². The van der Waals surface area contributed by atoms with Crippen LogP contribution in [-0.4, -0.2) is 0 Å². The van der Waals surface area contributed by atoms with Gasteiger partial charge in [-0.1, -0.05) is 25.5 Å². The Hall–Kier alpha value is -0.260. The molecule has 0 aromatic heterocycles. The zero-order valence-corrected chi connectivity index (χ0v) is 6.22. The van der Waals surface area contributed by atoms with E-state index in [0.717, 1.165) is 17.8 Å². The summed E-state index contributed by atoms with van der Waals surface area (Å²) in [5.74, 6) is 2.94. The van der Waals surface area contributed by atoms with Gasteiger partial charge in [0.25, 0.3) is 0 Å². The van der Waals surface area contributed by atoms with Crippen molar-refractivity contribution in [3.63, 3.8) is 0 Å². The lowest BCUT2D eigenvalue weighted by atomic mass is 10.0. The summed E-state index contributed by atoms with van der Waals surface area (Å²) in [7, 11) is 0. The van der Waals surface area contributed by atoms with Crippen molar-refractivity contribution in [3.05, 3.63) is 11.6 Å². The molecule has 0 saturated heterocycles. The highest BCUT2D eigenvalue weighted by molar-refractivity contribution is 5.34. The van der Waals surface area contributed by atoms with E-state index in [-0.39, 0.29) is 0 Å². The lowest BCUT2D eigenvalue weighted by molar-refractivity contribution is 0.504. The molecular formula is C9H14. The second kappa shape index (κ2) is 1.62. The maximum Gasteiger partial charge on any atom is -0.0111 e. The van der Waals surface area contributed by atoms with Crippen molar-refractivity contribution in [1.29, 1.82) is 0 Å². The molecule has 0 amide bonds. The van der Waals surface area contributed by atoms with Gasteiger partial charge in [0.1, 0.15) is 0 Å². The first-order valence-corrected chi connectivity index (χ1v) is 4.00. The molecule has 0 spiro atoms. The van der Waals surface area contributed by atoms with Crippen LogP contribution < -0.4 is 0 Å². The molecule has 0 radical (unpaired) electrons. The maximum absolute atomic E-state index is 2.45. The Morgan fingerprint density at radius 1 is 1.56 bits per heavy atom. The number of hydrogen-bond donors (Lipinski definition) is 0. The van der Waals surface area contributed by atoms with Crippen LogP contribution in [0.3, 0.4) is 0 Å². The van der Waals surface area contributed by atoms with Crippen LogP contribution in [0, 0.1) is 17.8 Å². The molecule has 2 rings (SSSR count). The van der Waals surface area contributed by atoms with Gasteiger partial charge < -0.3 is 0 Å². The van der Waals surface area contributed by atoms with Crippen molar-refractivity contribution in [2.24, 2.45) is 17.8 Å². The molecule has 2 atom stereocenters. The average Bonchev–Trinajstić information content (AvgIpc) is 2.30. The predicted octanol–water partition coefficient (Wildman–Crippen LogP) is 2.61. The first kappa shape index (κ1) is 5.52. The van der Waals surface area contributed by atoms with Gasteiger partial charge >= 0.3 is 0 Å². The predicted molar refractivity (Wildman–Crippen MR) is 39.1 cm³/mol. The second-order valence-electron chi connectivity index (χ2n) is 3.66. The molecule has 0 heterocycles. The molecule has 2 aliphatic carbocycles. The molecule has 0 aromatic rings. The minimum Gasteiger partial charge on any atom is -0.0847 e. The molecule has 2 unspecified atom stereocenters. The Morgan fingerprint density at radius 3 is 2.67 bits per heavy atom. The molecule has 0 aliphatic heterocycles. The highest BCUT2D eigenvalue weighted by Gasteiger charge is 2.46. The van der Waals surface area contributed by atoms with Crippen LogP contribution in [0.2, 0.25) is 0 Å². The van der Waals surface area contributed by atoms with Gasteiger partial charge in [0.15, 0.2) is 0 Å². The summed E-state index contributed by atoms with van der Waals surface area (Å²) in [6, 6.07) is 0. The van der Waals surface area contributed by atoms with E-state index < -0.39 is 0 Å². The summed E-state index contributed by atoms with van der Waals surface area (Å²) in [4.78, 5) is 0. The SMILES string of the molecule is CC(C)C1C2=CCCC21. The molecule has 0 N–H and O–H groups in total. The Balaban J connectivity index is 2.08. The maximum atomic E-state index is 2.45. The van der Waals surface area contributed by atoms with Crippen molar-refractivity contribution in [2.75, 3.05) is 0 Å². The molecule has 0 aromatic carbocycles. The van der Waals surface area contributed by atoms with Crippen molar-refractivity contribution in [3.8, 4) is 0 Å². The third kappa shape index (κ3) is 0.654. The summed E-state index contributed by atoms with van der Waals surface area (Å²) in [5, 5.41) is 0. The van der Waals surface area contributed by atoms with E-state index in [4.69, 9.17) is 0 Å². The first-order chi connectivity index (χ1) is 4.30. The van der Waals surface area contributed by atoms with E-state index in [9.17, 15) is 0 Å². The Bertz CT molecular complexity index is 153. The Morgan fingerprint density at radius 2 is 2.33 bits per heavy atom. The highest BCUT2D eigenvalue weighted by Crippen LogP contribution is 2.56. The molecule has 2 aliphatic rings. The van der Waals surface area contributed by atoms with E-state index in [1.54, 1.807) is 5.57 Å². The first-order valence-electron chi connectivity index (χ1n) is 4.00. The summed E-state index contributed by atoms with van der Waals surface area (Å²) in [5.41, 5.74) is 1.78. The van der Waals surface area contributed by atoms with E-state index >= 15 is 0 Å². The third-order valence-electron chi connectivity index (χ3n) is 2.71. The topological polar surface area (TPSA) is 0 Å². The minimum atomic E-state index is 0.904. The fourth-order valence-corrected chi connectivity index (χ4v) is 2.28. The van der Waals surface area contributed by atoms with Crippen molar-refractivity contribution >= 4 is 0 Å². The van der Waals surface area contributed by atoms with Gasteiger partial charge in [0.05, 0.1) is 0 Å². The number of hydrogen-bond acceptors (Lipinski definition) is 0. The van der Waals surface area contributed by atoms with Gasteiger partial charge in [-0.15, -0.1) is 0 Å². The summed E-state index contributed by atoms with van der Waals surface area (Å²) in [6.45, 7) is 4.67. The van der Waals surface area contributed by atoms with Crippen molar-refractivity contribution in [1.82, 2.24) is 0 Å². The molecule has 1 saturated carbocycles. The lowest BCUT2D eigenvalue weighted by Crippen LogP contribution is -1.93. The Kier molecular flexibility index (Phi) is 0.992. The highest BCUT2D eigenvalue weighted by atomic mass is 14.5. The molecule has 1 fully saturated rings. The normalized spacial score (nSPS) is 38.8. The minimum absolute atomic E-state index is 0.904. The zero-order chi connectivity index (χ0) is 6.43. The monoisotopic (exact) mass is 122 g/mol. The fraction of sp³-hybridized carbons (Fsp3) is 0.778. The van der Waals surface area contributed by atoms with E-state index in [1.807, 2.05) is 0 Å². The van der Waals surface area contributed by atoms with Gasteiger partial charge in [0, 0.05) is 0 Å². The van der Waals surface area contributed by atoms with Gasteiger partial charge in [-0.3, -0.25) is 0 Å². The van der Waals surface area contributed by atoms with Crippen LogP contribution in [0.15, 0.2) is 11.6 Å². The van der Waals surface area contributed by atoms with Crippen LogP contribution in [0.4, 0.5) is 0 Å². The van der Waals surface area contributed by atoms with Gasteiger partial charge in [-0.2, -0.15) is 0 Å². The largest absolute Gasteiger partial charge is 0.0847 e. The molecule has 0 bridgehead atoms. The van der Waals surface area contributed by atoms with Crippen LogP contribution in [0.1, 0.15) is 26.7 Å². The average molecular weight is 122 g/mol. The third-order valence-corrected chi connectivity index (χ3v) is 2.71.